The highest BCUT2D eigenvalue weighted by atomic mass is 127. The number of para-hydroxylation sites is 1. The molecule has 0 saturated carbocycles. The minimum Gasteiger partial charge on any atom is -0.506 e. The zero-order chi connectivity index (χ0) is 10.0. The molecule has 1 rings (SSSR count). The summed E-state index contributed by atoms with van der Waals surface area (Å²) in [4.78, 5) is 10.5. The lowest BCUT2D eigenvalue weighted by Crippen LogP contribution is -2.20. The number of hydrogen-bond acceptors (Lipinski definition) is 3. The molecule has 1 unspecified atom stereocenters. The van der Waals surface area contributed by atoms with E-state index >= 15 is 0 Å². The van der Waals surface area contributed by atoms with Gasteiger partial charge in [0.25, 0.3) is 0 Å². The number of phenols is 1. The van der Waals surface area contributed by atoms with E-state index < -0.39 is 12.0 Å². The van der Waals surface area contributed by atoms with Gasteiger partial charge in [-0.05, 0) is 28.7 Å². The molecule has 0 amide bonds. The molecule has 1 aromatic rings. The number of rotatable bonds is 2. The number of carboxylic acids is 1. The first-order valence-corrected chi connectivity index (χ1v) is 4.57. The molecular formula is C8H8INO3. The zero-order valence-electron chi connectivity index (χ0n) is 6.57. The first kappa shape index (κ1) is 10.3. The van der Waals surface area contributed by atoms with Crippen LogP contribution in [0.15, 0.2) is 18.2 Å². The number of nitrogens with two attached hydrogens (primary N) is 1. The van der Waals surface area contributed by atoms with E-state index in [1.807, 2.05) is 22.6 Å². The zero-order valence-corrected chi connectivity index (χ0v) is 8.72. The van der Waals surface area contributed by atoms with Crippen molar-refractivity contribution in [3.63, 3.8) is 0 Å². The second kappa shape index (κ2) is 3.93. The van der Waals surface area contributed by atoms with Gasteiger partial charge >= 0.3 is 5.97 Å². The molecule has 4 nitrogen and oxygen atoms in total. The largest absolute Gasteiger partial charge is 0.506 e. The van der Waals surface area contributed by atoms with E-state index in [0.717, 1.165) is 0 Å². The maximum absolute atomic E-state index is 10.5. The molecule has 0 aliphatic carbocycles. The van der Waals surface area contributed by atoms with Crippen molar-refractivity contribution in [2.75, 3.05) is 0 Å². The molecule has 1 aromatic carbocycles. The minimum absolute atomic E-state index is 0.0574. The number of aliphatic carboxylic acids is 1. The molecule has 0 heterocycles. The Labute approximate surface area is 88.5 Å². The van der Waals surface area contributed by atoms with Crippen LogP contribution in [0, 0.1) is 3.57 Å². The lowest BCUT2D eigenvalue weighted by molar-refractivity contribution is -0.138. The molecule has 0 aromatic heterocycles. The van der Waals surface area contributed by atoms with E-state index in [4.69, 9.17) is 10.8 Å². The Balaban J connectivity index is 3.15. The highest BCUT2D eigenvalue weighted by molar-refractivity contribution is 14.1. The van der Waals surface area contributed by atoms with Gasteiger partial charge < -0.3 is 15.9 Å². The average Bonchev–Trinajstić information content (AvgIpc) is 2.08. The van der Waals surface area contributed by atoms with E-state index in [-0.39, 0.29) is 11.3 Å². The van der Waals surface area contributed by atoms with Gasteiger partial charge in [-0.1, -0.05) is 12.1 Å². The van der Waals surface area contributed by atoms with Gasteiger partial charge in [-0.2, -0.15) is 0 Å². The highest BCUT2D eigenvalue weighted by Gasteiger charge is 2.18. The van der Waals surface area contributed by atoms with Gasteiger partial charge in [0.1, 0.15) is 11.8 Å². The summed E-state index contributed by atoms with van der Waals surface area (Å²) in [6.07, 6.45) is 0. The smallest absolute Gasteiger partial charge is 0.325 e. The van der Waals surface area contributed by atoms with Crippen molar-refractivity contribution < 1.29 is 15.0 Å². The summed E-state index contributed by atoms with van der Waals surface area (Å²) in [5, 5.41) is 18.1. The van der Waals surface area contributed by atoms with Crippen LogP contribution >= 0.6 is 22.6 Å². The average molecular weight is 293 g/mol. The third-order valence-electron chi connectivity index (χ3n) is 1.62. The molecule has 5 heteroatoms. The lowest BCUT2D eigenvalue weighted by atomic mass is 10.1. The molecule has 0 radical (unpaired) electrons. The molecule has 0 bridgehead atoms. The molecule has 13 heavy (non-hydrogen) atoms. The summed E-state index contributed by atoms with van der Waals surface area (Å²) >= 11 is 1.91. The molecule has 1 atom stereocenters. The molecule has 0 saturated heterocycles. The molecule has 70 valence electrons. The van der Waals surface area contributed by atoms with Crippen molar-refractivity contribution >= 4 is 28.6 Å². The fraction of sp³-hybridized carbons (Fsp3) is 0.125. The molecule has 0 aliphatic rings. The van der Waals surface area contributed by atoms with Crippen molar-refractivity contribution in [2.45, 2.75) is 6.04 Å². The van der Waals surface area contributed by atoms with Gasteiger partial charge in [0.2, 0.25) is 0 Å². The first-order valence-electron chi connectivity index (χ1n) is 3.50. The second-order valence-corrected chi connectivity index (χ2v) is 3.66. The predicted molar refractivity (Wildman–Crippen MR) is 55.4 cm³/mol. The topological polar surface area (TPSA) is 83.6 Å². The third-order valence-corrected chi connectivity index (χ3v) is 2.49. The van der Waals surface area contributed by atoms with Gasteiger partial charge in [0.15, 0.2) is 0 Å². The molecule has 0 spiro atoms. The van der Waals surface area contributed by atoms with Crippen LogP contribution in [0.4, 0.5) is 0 Å². The summed E-state index contributed by atoms with van der Waals surface area (Å²) in [5.74, 6) is -1.21. The quantitative estimate of drug-likeness (QED) is 0.712. The van der Waals surface area contributed by atoms with Gasteiger partial charge in [0, 0.05) is 5.56 Å². The fourth-order valence-corrected chi connectivity index (χ4v) is 1.44. The Morgan fingerprint density at radius 3 is 2.69 bits per heavy atom. The van der Waals surface area contributed by atoms with Crippen molar-refractivity contribution in [2.24, 2.45) is 5.73 Å². The van der Waals surface area contributed by atoms with Crippen LogP contribution in [0.5, 0.6) is 5.75 Å². The van der Waals surface area contributed by atoms with Crippen LogP contribution in [0.3, 0.4) is 0 Å². The first-order chi connectivity index (χ1) is 6.04. The number of halogens is 1. The minimum atomic E-state index is -1.17. The highest BCUT2D eigenvalue weighted by Crippen LogP contribution is 2.27. The van der Waals surface area contributed by atoms with Crippen LogP contribution < -0.4 is 5.73 Å². The number of aromatic hydroxyl groups is 1. The Morgan fingerprint density at radius 2 is 2.15 bits per heavy atom. The van der Waals surface area contributed by atoms with E-state index in [1.165, 1.54) is 6.07 Å². The number of hydrogen-bond donors (Lipinski definition) is 3. The molecule has 4 N–H and O–H groups in total. The van der Waals surface area contributed by atoms with Crippen molar-refractivity contribution in [3.05, 3.63) is 27.3 Å². The van der Waals surface area contributed by atoms with E-state index in [2.05, 4.69) is 0 Å². The van der Waals surface area contributed by atoms with Crippen LogP contribution in [-0.4, -0.2) is 16.2 Å². The summed E-state index contributed by atoms with van der Waals surface area (Å²) in [6, 6.07) is 3.65. The fourth-order valence-electron chi connectivity index (χ4n) is 0.916. The molecule has 0 fully saturated rings. The summed E-state index contributed by atoms with van der Waals surface area (Å²) in [6.45, 7) is 0. The number of carbonyl (C=O) groups is 1. The maximum Gasteiger partial charge on any atom is 0.325 e. The maximum atomic E-state index is 10.5. The number of phenolic OH excluding ortho intramolecular Hbond substituents is 1. The third kappa shape index (κ3) is 2.10. The molecule has 0 aliphatic heterocycles. The van der Waals surface area contributed by atoms with E-state index in [9.17, 15) is 9.90 Å². The number of carboxylic acid groups (broad SMARTS) is 1. The van der Waals surface area contributed by atoms with Crippen molar-refractivity contribution in [3.8, 4) is 5.75 Å². The predicted octanol–water partition coefficient (Wildman–Crippen LogP) is 1.08. The Kier molecular flexibility index (Phi) is 3.10. The monoisotopic (exact) mass is 293 g/mol. The Morgan fingerprint density at radius 1 is 1.54 bits per heavy atom. The van der Waals surface area contributed by atoms with Crippen molar-refractivity contribution in [1.82, 2.24) is 0 Å². The van der Waals surface area contributed by atoms with Crippen LogP contribution in [-0.2, 0) is 4.79 Å². The standard InChI is InChI=1S/C8H8INO3/c9-5-3-1-2-4(7(5)11)6(10)8(12)13/h1-3,6,11H,10H2,(H,12,13). The summed E-state index contributed by atoms with van der Waals surface area (Å²) in [5.41, 5.74) is 5.58. The van der Waals surface area contributed by atoms with E-state index in [1.54, 1.807) is 12.1 Å². The van der Waals surface area contributed by atoms with Crippen molar-refractivity contribution in [1.29, 1.82) is 0 Å². The molecular weight excluding hydrogens is 285 g/mol. The Hall–Kier alpha value is -0.820. The van der Waals surface area contributed by atoms with Crippen LogP contribution in [0.1, 0.15) is 11.6 Å². The summed E-state index contributed by atoms with van der Waals surface area (Å²) < 4.78 is 0.590. The van der Waals surface area contributed by atoms with Gasteiger partial charge in [-0.15, -0.1) is 0 Å². The number of benzene rings is 1. The normalized spacial score (nSPS) is 12.5. The van der Waals surface area contributed by atoms with Crippen LogP contribution in [0.25, 0.3) is 0 Å². The van der Waals surface area contributed by atoms with E-state index in [0.29, 0.717) is 3.57 Å². The summed E-state index contributed by atoms with van der Waals surface area (Å²) in [7, 11) is 0. The van der Waals surface area contributed by atoms with Gasteiger partial charge in [0.05, 0.1) is 3.57 Å². The van der Waals surface area contributed by atoms with Gasteiger partial charge in [-0.3, -0.25) is 4.79 Å². The van der Waals surface area contributed by atoms with Crippen LogP contribution in [0.2, 0.25) is 0 Å². The Bertz CT molecular complexity index is 340. The van der Waals surface area contributed by atoms with Gasteiger partial charge in [-0.25, -0.2) is 0 Å². The SMILES string of the molecule is NC(C(=O)O)c1cccc(I)c1O. The lowest BCUT2D eigenvalue weighted by Gasteiger charge is -2.09. The second-order valence-electron chi connectivity index (χ2n) is 2.49.